The molecule has 218 valence electrons. The maximum atomic E-state index is 13.0. The zero-order chi connectivity index (χ0) is 29.5. The van der Waals surface area contributed by atoms with E-state index in [9.17, 15) is 19.2 Å². The first-order valence-electron chi connectivity index (χ1n) is 14.8. The molecule has 4 amide bonds. The fraction of sp³-hybridized carbons (Fsp3) is 0.353. The summed E-state index contributed by atoms with van der Waals surface area (Å²) >= 11 is 0. The molecule has 1 atom stereocenters. The molecule has 0 aromatic heterocycles. The Bertz CT molecular complexity index is 1400. The smallest absolute Gasteiger partial charge is 0.253 e. The van der Waals surface area contributed by atoms with Crippen molar-refractivity contribution < 1.29 is 19.2 Å². The molecule has 5 rings (SSSR count). The number of benzene rings is 3. The number of hydrogen-bond acceptors (Lipinski definition) is 4. The molecule has 1 aliphatic carbocycles. The summed E-state index contributed by atoms with van der Waals surface area (Å²) in [6, 6.07) is 23.7. The van der Waals surface area contributed by atoms with Crippen LogP contribution in [0, 0.1) is 5.92 Å². The Morgan fingerprint density at radius 3 is 2.10 bits per heavy atom. The third-order valence-electron chi connectivity index (χ3n) is 8.29. The Morgan fingerprint density at radius 2 is 1.40 bits per heavy atom. The van der Waals surface area contributed by atoms with Crippen molar-refractivity contribution in [2.24, 2.45) is 5.92 Å². The van der Waals surface area contributed by atoms with Crippen molar-refractivity contribution in [3.05, 3.63) is 95.6 Å². The summed E-state index contributed by atoms with van der Waals surface area (Å²) in [4.78, 5) is 54.8. The predicted molar refractivity (Wildman–Crippen MR) is 163 cm³/mol. The van der Waals surface area contributed by atoms with Gasteiger partial charge in [-0.05, 0) is 79.8 Å². The quantitative estimate of drug-likeness (QED) is 0.383. The van der Waals surface area contributed by atoms with Gasteiger partial charge in [0.15, 0.2) is 0 Å². The Morgan fingerprint density at radius 1 is 0.762 bits per heavy atom. The van der Waals surface area contributed by atoms with E-state index in [1.54, 1.807) is 53.4 Å². The number of nitrogens with one attached hydrogen (secondary N) is 2. The molecule has 3 aromatic rings. The van der Waals surface area contributed by atoms with Gasteiger partial charge in [0.05, 0.1) is 12.3 Å². The fourth-order valence-electron chi connectivity index (χ4n) is 5.84. The van der Waals surface area contributed by atoms with Crippen molar-refractivity contribution in [2.45, 2.75) is 51.0 Å². The molecular weight excluding hydrogens is 528 g/mol. The lowest BCUT2D eigenvalue weighted by Gasteiger charge is -2.32. The maximum Gasteiger partial charge on any atom is 0.253 e. The Kier molecular flexibility index (Phi) is 9.31. The van der Waals surface area contributed by atoms with Gasteiger partial charge in [0.25, 0.3) is 11.8 Å². The summed E-state index contributed by atoms with van der Waals surface area (Å²) in [6.45, 7) is 1.04. The summed E-state index contributed by atoms with van der Waals surface area (Å²) in [5.74, 6) is -0.594. The molecule has 1 heterocycles. The molecule has 1 saturated heterocycles. The first kappa shape index (κ1) is 29.0. The molecule has 0 radical (unpaired) electrons. The number of carbonyl (C=O) groups excluding carboxylic acids is 4. The monoisotopic (exact) mass is 566 g/mol. The molecule has 0 bridgehead atoms. The number of carbonyl (C=O) groups is 4. The highest BCUT2D eigenvalue weighted by atomic mass is 16.2. The SMILES string of the molecule is CN(C(=O)c1ccc(NC(=O)Cc2ccc(NC(=O)C3CCCN(C(=O)c4ccccc4)C3)cc2)cc1)C1CCCC1. The topological polar surface area (TPSA) is 98.8 Å². The second kappa shape index (κ2) is 13.5. The largest absolute Gasteiger partial charge is 0.339 e. The van der Waals surface area contributed by atoms with E-state index in [1.807, 2.05) is 42.3 Å². The van der Waals surface area contributed by atoms with Crippen molar-refractivity contribution in [2.75, 3.05) is 30.8 Å². The van der Waals surface area contributed by atoms with Crippen molar-refractivity contribution in [3.63, 3.8) is 0 Å². The van der Waals surface area contributed by atoms with Crippen LogP contribution < -0.4 is 10.6 Å². The van der Waals surface area contributed by atoms with Gasteiger partial charge < -0.3 is 20.4 Å². The van der Waals surface area contributed by atoms with Crippen LogP contribution in [0.15, 0.2) is 78.9 Å². The number of anilines is 2. The summed E-state index contributed by atoms with van der Waals surface area (Å²) < 4.78 is 0. The highest BCUT2D eigenvalue weighted by Crippen LogP contribution is 2.24. The Hall–Kier alpha value is -4.46. The van der Waals surface area contributed by atoms with Gasteiger partial charge in [0, 0.05) is 48.7 Å². The third-order valence-corrected chi connectivity index (χ3v) is 8.29. The zero-order valence-electron chi connectivity index (χ0n) is 24.1. The van der Waals surface area contributed by atoms with E-state index in [1.165, 1.54) is 12.8 Å². The first-order chi connectivity index (χ1) is 20.4. The summed E-state index contributed by atoms with van der Waals surface area (Å²) in [7, 11) is 1.86. The van der Waals surface area contributed by atoms with E-state index >= 15 is 0 Å². The second-order valence-electron chi connectivity index (χ2n) is 11.3. The molecule has 0 spiro atoms. The number of piperidine rings is 1. The van der Waals surface area contributed by atoms with Crippen LogP contribution in [-0.2, 0) is 16.0 Å². The first-order valence-corrected chi connectivity index (χ1v) is 14.8. The molecule has 1 unspecified atom stereocenters. The fourth-order valence-corrected chi connectivity index (χ4v) is 5.84. The molecule has 3 aromatic carbocycles. The average molecular weight is 567 g/mol. The minimum Gasteiger partial charge on any atom is -0.339 e. The van der Waals surface area contributed by atoms with Crippen molar-refractivity contribution in [3.8, 4) is 0 Å². The van der Waals surface area contributed by atoms with Crippen LogP contribution in [-0.4, -0.2) is 59.6 Å². The highest BCUT2D eigenvalue weighted by molar-refractivity contribution is 5.97. The van der Waals surface area contributed by atoms with E-state index in [0.717, 1.165) is 31.2 Å². The van der Waals surface area contributed by atoms with Gasteiger partial charge >= 0.3 is 0 Å². The molecule has 1 aliphatic heterocycles. The van der Waals surface area contributed by atoms with Crippen LogP contribution in [0.1, 0.15) is 64.8 Å². The van der Waals surface area contributed by atoms with Gasteiger partial charge in [-0.2, -0.15) is 0 Å². The number of rotatable bonds is 8. The van der Waals surface area contributed by atoms with E-state index in [-0.39, 0.29) is 36.0 Å². The lowest BCUT2D eigenvalue weighted by molar-refractivity contribution is -0.121. The predicted octanol–water partition coefficient (Wildman–Crippen LogP) is 5.37. The molecule has 42 heavy (non-hydrogen) atoms. The molecule has 2 N–H and O–H groups in total. The van der Waals surface area contributed by atoms with Gasteiger partial charge in [-0.3, -0.25) is 19.2 Å². The van der Waals surface area contributed by atoms with E-state index in [0.29, 0.717) is 41.6 Å². The van der Waals surface area contributed by atoms with E-state index in [4.69, 9.17) is 0 Å². The number of amides is 4. The highest BCUT2D eigenvalue weighted by Gasteiger charge is 2.29. The van der Waals surface area contributed by atoms with Crippen molar-refractivity contribution in [1.82, 2.24) is 9.80 Å². The zero-order valence-corrected chi connectivity index (χ0v) is 24.1. The third kappa shape index (κ3) is 7.24. The van der Waals surface area contributed by atoms with Gasteiger partial charge in [-0.15, -0.1) is 0 Å². The van der Waals surface area contributed by atoms with Crippen LogP contribution in [0.5, 0.6) is 0 Å². The Labute approximate surface area is 247 Å². The van der Waals surface area contributed by atoms with Gasteiger partial charge in [0.2, 0.25) is 11.8 Å². The van der Waals surface area contributed by atoms with Gasteiger partial charge in [-0.1, -0.05) is 43.2 Å². The second-order valence-corrected chi connectivity index (χ2v) is 11.3. The van der Waals surface area contributed by atoms with E-state index < -0.39 is 0 Å². The normalized spacial score (nSPS) is 17.0. The van der Waals surface area contributed by atoms with Crippen LogP contribution >= 0.6 is 0 Å². The Balaban J connectivity index is 1.09. The summed E-state index contributed by atoms with van der Waals surface area (Å²) in [6.07, 6.45) is 6.14. The molecular formula is C34H38N4O4. The van der Waals surface area contributed by atoms with E-state index in [2.05, 4.69) is 10.6 Å². The lowest BCUT2D eigenvalue weighted by atomic mass is 9.96. The summed E-state index contributed by atoms with van der Waals surface area (Å²) in [5.41, 5.74) is 3.35. The standard InChI is InChI=1S/C34H38N4O4/c1-37(30-11-5-6-12-30)33(41)26-15-19-28(20-16-26)35-31(39)22-24-13-17-29(18-14-24)36-32(40)27-10-7-21-38(23-27)34(42)25-8-3-2-4-9-25/h2-4,8-9,13-20,27,30H,5-7,10-12,21-23H2,1H3,(H,35,39)(H,36,40). The lowest BCUT2D eigenvalue weighted by Crippen LogP contribution is -2.43. The van der Waals surface area contributed by atoms with Crippen molar-refractivity contribution >= 4 is 35.0 Å². The van der Waals surface area contributed by atoms with Crippen LogP contribution in [0.3, 0.4) is 0 Å². The van der Waals surface area contributed by atoms with Gasteiger partial charge in [-0.25, -0.2) is 0 Å². The molecule has 2 aliphatic rings. The average Bonchev–Trinajstić information content (AvgIpc) is 3.57. The van der Waals surface area contributed by atoms with Crippen molar-refractivity contribution in [1.29, 1.82) is 0 Å². The molecule has 8 nitrogen and oxygen atoms in total. The number of nitrogens with zero attached hydrogens (tertiary/aromatic N) is 2. The van der Waals surface area contributed by atoms with Crippen LogP contribution in [0.2, 0.25) is 0 Å². The van der Waals surface area contributed by atoms with Gasteiger partial charge in [0.1, 0.15) is 0 Å². The molecule has 2 fully saturated rings. The minimum atomic E-state index is -0.276. The maximum absolute atomic E-state index is 13.0. The molecule has 8 heteroatoms. The molecule has 1 saturated carbocycles. The minimum absolute atomic E-state index is 0.00782. The summed E-state index contributed by atoms with van der Waals surface area (Å²) in [5, 5.41) is 5.85. The number of likely N-dealkylation sites (tertiary alicyclic amines) is 1. The van der Waals surface area contributed by atoms with Crippen LogP contribution in [0.4, 0.5) is 11.4 Å². The number of hydrogen-bond donors (Lipinski definition) is 2. The van der Waals surface area contributed by atoms with Crippen LogP contribution in [0.25, 0.3) is 0 Å².